The van der Waals surface area contributed by atoms with Gasteiger partial charge in [0.1, 0.15) is 4.90 Å². The van der Waals surface area contributed by atoms with Gasteiger partial charge in [-0.05, 0) is 19.1 Å². The zero-order valence-electron chi connectivity index (χ0n) is 8.39. The first kappa shape index (κ1) is 11.8. The van der Waals surface area contributed by atoms with E-state index in [1.54, 1.807) is 6.92 Å². The van der Waals surface area contributed by atoms with E-state index in [1.807, 2.05) is 0 Å². The molecule has 0 saturated carbocycles. The number of rotatable bonds is 4. The summed E-state index contributed by atoms with van der Waals surface area (Å²) in [4.78, 5) is -0.399. The summed E-state index contributed by atoms with van der Waals surface area (Å²) in [5.74, 6) is 0.200. The maximum Gasteiger partial charge on any atom is 0.328 e. The van der Waals surface area contributed by atoms with Crippen LogP contribution in [0, 0.1) is 0 Å². The molecule has 0 bridgehead atoms. The number of methoxy groups -OCH3 is 1. The van der Waals surface area contributed by atoms with E-state index in [0.717, 1.165) is 0 Å². The molecule has 0 aliphatic rings. The lowest BCUT2D eigenvalue weighted by molar-refractivity contribution is 0.299. The second kappa shape index (κ2) is 4.50. The van der Waals surface area contributed by atoms with Crippen LogP contribution in [0.4, 0.5) is 0 Å². The van der Waals surface area contributed by atoms with Gasteiger partial charge >= 0.3 is 10.1 Å². The Morgan fingerprint density at radius 3 is 2.47 bits per heavy atom. The highest BCUT2D eigenvalue weighted by atomic mass is 32.2. The summed E-state index contributed by atoms with van der Waals surface area (Å²) in [6.45, 7) is 1.94. The number of para-hydroxylation sites is 1. The van der Waals surface area contributed by atoms with Crippen LogP contribution < -0.4 is 9.47 Å². The molecule has 0 spiro atoms. The lowest BCUT2D eigenvalue weighted by Gasteiger charge is -2.11. The number of hydrogen-bond donors (Lipinski definition) is 0. The van der Waals surface area contributed by atoms with Crippen molar-refractivity contribution in [3.63, 3.8) is 0 Å². The van der Waals surface area contributed by atoms with Crippen LogP contribution >= 0.6 is 0 Å². The van der Waals surface area contributed by atoms with Crippen molar-refractivity contribution in [1.82, 2.24) is 0 Å². The Morgan fingerprint density at radius 1 is 1.33 bits per heavy atom. The Morgan fingerprint density at radius 2 is 2.00 bits per heavy atom. The van der Waals surface area contributed by atoms with Gasteiger partial charge in [-0.3, -0.25) is 0 Å². The van der Waals surface area contributed by atoms with Gasteiger partial charge in [0.25, 0.3) is 0 Å². The molecular weight excluding hydrogens is 220 g/mol. The summed E-state index contributed by atoms with van der Waals surface area (Å²) >= 11 is 0. The molecule has 5 nitrogen and oxygen atoms in total. The van der Waals surface area contributed by atoms with Crippen LogP contribution in [0.3, 0.4) is 0 Å². The SMILES string of the molecule is CCOc1c(OC)cccc1S([O])(=O)=O. The predicted octanol–water partition coefficient (Wildman–Crippen LogP) is 1.21. The van der Waals surface area contributed by atoms with E-state index in [2.05, 4.69) is 0 Å². The van der Waals surface area contributed by atoms with Gasteiger partial charge in [-0.25, -0.2) is 0 Å². The zero-order chi connectivity index (χ0) is 11.5. The average molecular weight is 231 g/mol. The fraction of sp³-hybridized carbons (Fsp3) is 0.333. The van der Waals surface area contributed by atoms with Crippen LogP contribution in [0.15, 0.2) is 23.1 Å². The van der Waals surface area contributed by atoms with E-state index in [1.165, 1.54) is 25.3 Å². The van der Waals surface area contributed by atoms with Crippen molar-refractivity contribution in [2.45, 2.75) is 11.8 Å². The quantitative estimate of drug-likeness (QED) is 0.780. The lowest BCUT2D eigenvalue weighted by Crippen LogP contribution is -2.03. The molecule has 1 radical (unpaired) electrons. The van der Waals surface area contributed by atoms with Gasteiger partial charge in [-0.2, -0.15) is 8.42 Å². The van der Waals surface area contributed by atoms with Crippen molar-refractivity contribution in [2.24, 2.45) is 0 Å². The maximum absolute atomic E-state index is 10.9. The van der Waals surface area contributed by atoms with Crippen LogP contribution in [-0.2, 0) is 14.7 Å². The first-order chi connectivity index (χ1) is 7.00. The molecule has 0 aromatic heterocycles. The minimum absolute atomic E-state index is 0.0301. The van der Waals surface area contributed by atoms with Gasteiger partial charge in [-0.1, -0.05) is 10.6 Å². The van der Waals surface area contributed by atoms with Crippen LogP contribution in [0.2, 0.25) is 0 Å². The van der Waals surface area contributed by atoms with Crippen molar-refractivity contribution < 1.29 is 22.4 Å². The summed E-state index contributed by atoms with van der Waals surface area (Å²) < 4.78 is 42.7. The van der Waals surface area contributed by atoms with Crippen LogP contribution in [0.1, 0.15) is 6.92 Å². The first-order valence-corrected chi connectivity index (χ1v) is 5.67. The minimum Gasteiger partial charge on any atom is -0.493 e. The van der Waals surface area contributed by atoms with E-state index >= 15 is 0 Å². The van der Waals surface area contributed by atoms with Crippen LogP contribution in [-0.4, -0.2) is 22.1 Å². The molecule has 0 unspecified atom stereocenters. The van der Waals surface area contributed by atoms with Gasteiger partial charge in [-0.15, -0.1) is 0 Å². The molecule has 0 heterocycles. The molecular formula is C9H11O5S. The highest BCUT2D eigenvalue weighted by Gasteiger charge is 2.21. The third-order valence-electron chi connectivity index (χ3n) is 1.72. The second-order valence-electron chi connectivity index (χ2n) is 2.67. The van der Waals surface area contributed by atoms with E-state index in [-0.39, 0.29) is 18.1 Å². The molecule has 0 aliphatic heterocycles. The number of benzene rings is 1. The Balaban J connectivity index is 3.38. The molecule has 0 aliphatic carbocycles. The number of ether oxygens (including phenoxy) is 2. The molecule has 0 amide bonds. The van der Waals surface area contributed by atoms with Gasteiger partial charge in [0.2, 0.25) is 0 Å². The molecule has 1 aromatic carbocycles. The number of hydrogen-bond acceptors (Lipinski definition) is 4. The lowest BCUT2D eigenvalue weighted by atomic mass is 10.3. The van der Waals surface area contributed by atoms with Crippen LogP contribution in [0.25, 0.3) is 0 Å². The summed E-state index contributed by atoms with van der Waals surface area (Å²) in [5, 5.41) is 0. The predicted molar refractivity (Wildman–Crippen MR) is 52.0 cm³/mol. The van der Waals surface area contributed by atoms with E-state index < -0.39 is 15.0 Å². The van der Waals surface area contributed by atoms with E-state index in [0.29, 0.717) is 0 Å². The Bertz CT molecular complexity index is 438. The highest BCUT2D eigenvalue weighted by Crippen LogP contribution is 2.33. The monoisotopic (exact) mass is 231 g/mol. The fourth-order valence-corrected chi connectivity index (χ4v) is 1.77. The van der Waals surface area contributed by atoms with Gasteiger partial charge in [0.05, 0.1) is 13.7 Å². The molecule has 0 saturated heterocycles. The smallest absolute Gasteiger partial charge is 0.328 e. The average Bonchev–Trinajstić information content (AvgIpc) is 2.17. The van der Waals surface area contributed by atoms with Crippen molar-refractivity contribution in [2.75, 3.05) is 13.7 Å². The highest BCUT2D eigenvalue weighted by molar-refractivity contribution is 7.85. The summed E-state index contributed by atoms with van der Waals surface area (Å²) in [6.07, 6.45) is 0. The fourth-order valence-electron chi connectivity index (χ4n) is 1.14. The molecule has 83 valence electrons. The molecule has 6 heteroatoms. The third-order valence-corrected chi connectivity index (χ3v) is 2.58. The van der Waals surface area contributed by atoms with Gasteiger partial charge in [0, 0.05) is 0 Å². The third kappa shape index (κ3) is 2.60. The molecule has 0 fully saturated rings. The largest absolute Gasteiger partial charge is 0.493 e. The second-order valence-corrected chi connectivity index (χ2v) is 4.02. The van der Waals surface area contributed by atoms with Crippen molar-refractivity contribution >= 4 is 10.1 Å². The van der Waals surface area contributed by atoms with E-state index in [9.17, 15) is 13.0 Å². The van der Waals surface area contributed by atoms with Gasteiger partial charge < -0.3 is 9.47 Å². The molecule has 15 heavy (non-hydrogen) atoms. The summed E-state index contributed by atoms with van der Waals surface area (Å²) in [5.41, 5.74) is 0. The normalized spacial score (nSPS) is 11.1. The van der Waals surface area contributed by atoms with Gasteiger partial charge in [0.15, 0.2) is 11.5 Å². The maximum atomic E-state index is 10.9. The zero-order valence-corrected chi connectivity index (χ0v) is 9.21. The van der Waals surface area contributed by atoms with Crippen LogP contribution in [0.5, 0.6) is 11.5 Å². The minimum atomic E-state index is -4.54. The first-order valence-electron chi connectivity index (χ1n) is 4.26. The molecule has 1 rings (SSSR count). The topological polar surface area (TPSA) is 72.5 Å². The standard InChI is InChI=1S/C9H11O5S/c1-3-14-9-7(13-2)5-4-6-8(9)15(10,11)12/h4-6H,3H2,1-2H3. The Labute approximate surface area is 88.4 Å². The van der Waals surface area contributed by atoms with E-state index in [4.69, 9.17) is 9.47 Å². The van der Waals surface area contributed by atoms with Crippen molar-refractivity contribution in [1.29, 1.82) is 0 Å². The summed E-state index contributed by atoms with van der Waals surface area (Å²) in [6, 6.07) is 4.14. The molecule has 0 atom stereocenters. The molecule has 1 aromatic rings. The van der Waals surface area contributed by atoms with Crippen molar-refractivity contribution in [3.8, 4) is 11.5 Å². The Hall–Kier alpha value is -1.27. The molecule has 0 N–H and O–H groups in total. The Kier molecular flexibility index (Phi) is 3.54. The van der Waals surface area contributed by atoms with Crippen molar-refractivity contribution in [3.05, 3.63) is 18.2 Å². The summed E-state index contributed by atoms with van der Waals surface area (Å²) in [7, 11) is -3.17.